The van der Waals surface area contributed by atoms with Crippen LogP contribution in [0, 0.1) is 0 Å². The number of carboxylic acids is 1. The van der Waals surface area contributed by atoms with Crippen LogP contribution in [-0.4, -0.2) is 46.2 Å². The minimum Gasteiger partial charge on any atom is -0.479 e. The average molecular weight is 283 g/mol. The number of aliphatic hydroxyl groups excluding tert-OH is 1. The van der Waals surface area contributed by atoms with E-state index in [1.54, 1.807) is 0 Å². The van der Waals surface area contributed by atoms with Gasteiger partial charge in [0, 0.05) is 0 Å². The van der Waals surface area contributed by atoms with Crippen LogP contribution in [0.5, 0.6) is 0 Å². The number of carboxylic acid groups (broad SMARTS) is 1. The molecule has 1 rings (SSSR count). The molecule has 0 spiro atoms. The highest BCUT2D eigenvalue weighted by molar-refractivity contribution is 7.99. The number of carbonyl (C=O) groups is 2. The molecule has 1 amide bonds. The van der Waals surface area contributed by atoms with Crippen molar-refractivity contribution in [3.05, 3.63) is 35.9 Å². The number of hydrogen-bond donors (Lipinski definition) is 3. The molecule has 0 radical (unpaired) electrons. The van der Waals surface area contributed by atoms with Gasteiger partial charge in [-0.25, -0.2) is 4.79 Å². The van der Waals surface area contributed by atoms with Crippen LogP contribution in [0.3, 0.4) is 0 Å². The summed E-state index contributed by atoms with van der Waals surface area (Å²) < 4.78 is 0. The van der Waals surface area contributed by atoms with Gasteiger partial charge in [0.25, 0.3) is 0 Å². The summed E-state index contributed by atoms with van der Waals surface area (Å²) in [5.41, 5.74) is 1.22. The SMILES string of the molecule is O=C(CSCCc1ccccc1)NC[C@H](O)C(=O)O. The zero-order valence-electron chi connectivity index (χ0n) is 10.4. The molecule has 0 aliphatic heterocycles. The lowest BCUT2D eigenvalue weighted by atomic mass is 10.2. The van der Waals surface area contributed by atoms with E-state index in [-0.39, 0.29) is 18.2 Å². The topological polar surface area (TPSA) is 86.6 Å². The summed E-state index contributed by atoms with van der Waals surface area (Å²) in [4.78, 5) is 21.7. The van der Waals surface area contributed by atoms with Gasteiger partial charge < -0.3 is 15.5 Å². The standard InChI is InChI=1S/C13H17NO4S/c15-11(13(17)18)8-14-12(16)9-19-7-6-10-4-2-1-3-5-10/h1-5,11,15H,6-9H2,(H,14,16)(H,17,18)/t11-/m0/s1. The molecule has 0 heterocycles. The summed E-state index contributed by atoms with van der Waals surface area (Å²) in [5.74, 6) is -0.520. The fourth-order valence-electron chi connectivity index (χ4n) is 1.35. The predicted molar refractivity (Wildman–Crippen MR) is 74.1 cm³/mol. The highest BCUT2D eigenvalue weighted by Gasteiger charge is 2.13. The van der Waals surface area contributed by atoms with Crippen molar-refractivity contribution < 1.29 is 19.8 Å². The number of benzene rings is 1. The summed E-state index contributed by atoms with van der Waals surface area (Å²) in [6.07, 6.45) is -0.658. The van der Waals surface area contributed by atoms with Crippen LogP contribution in [0.2, 0.25) is 0 Å². The van der Waals surface area contributed by atoms with Crippen molar-refractivity contribution in [1.29, 1.82) is 0 Å². The molecule has 1 atom stereocenters. The van der Waals surface area contributed by atoms with Gasteiger partial charge in [0.05, 0.1) is 12.3 Å². The zero-order valence-corrected chi connectivity index (χ0v) is 11.2. The molecule has 0 fully saturated rings. The fourth-order valence-corrected chi connectivity index (χ4v) is 2.16. The molecule has 0 saturated carbocycles. The Labute approximate surface area is 116 Å². The van der Waals surface area contributed by atoms with E-state index in [1.807, 2.05) is 30.3 Å². The first kappa shape index (κ1) is 15.5. The molecule has 19 heavy (non-hydrogen) atoms. The van der Waals surface area contributed by atoms with Crippen LogP contribution < -0.4 is 5.32 Å². The van der Waals surface area contributed by atoms with Gasteiger partial charge in [0.15, 0.2) is 6.10 Å². The maximum Gasteiger partial charge on any atom is 0.334 e. The van der Waals surface area contributed by atoms with Gasteiger partial charge >= 0.3 is 5.97 Å². The Hall–Kier alpha value is -1.53. The highest BCUT2D eigenvalue weighted by atomic mass is 32.2. The molecule has 0 aliphatic rings. The van der Waals surface area contributed by atoms with Crippen molar-refractivity contribution in [3.63, 3.8) is 0 Å². The number of thioether (sulfide) groups is 1. The number of carbonyl (C=O) groups excluding carboxylic acids is 1. The Morgan fingerprint density at radius 3 is 2.58 bits per heavy atom. The van der Waals surface area contributed by atoms with Crippen molar-refractivity contribution >= 4 is 23.6 Å². The van der Waals surface area contributed by atoms with Gasteiger partial charge in [0.1, 0.15) is 0 Å². The maximum absolute atomic E-state index is 11.3. The quantitative estimate of drug-likeness (QED) is 0.606. The number of hydrogen-bond acceptors (Lipinski definition) is 4. The largest absolute Gasteiger partial charge is 0.479 e. The van der Waals surface area contributed by atoms with Crippen molar-refractivity contribution in [2.24, 2.45) is 0 Å². The minimum absolute atomic E-state index is 0.257. The number of aliphatic hydroxyl groups is 1. The van der Waals surface area contributed by atoms with E-state index in [4.69, 9.17) is 10.2 Å². The van der Waals surface area contributed by atoms with E-state index in [2.05, 4.69) is 5.32 Å². The smallest absolute Gasteiger partial charge is 0.334 e. The second kappa shape index (κ2) is 8.55. The number of aliphatic carboxylic acids is 1. The Kier molecular flexibility index (Phi) is 6.99. The molecule has 104 valence electrons. The normalized spacial score (nSPS) is 11.8. The fraction of sp³-hybridized carbons (Fsp3) is 0.385. The Bertz CT molecular complexity index is 410. The molecule has 1 aromatic rings. The average Bonchev–Trinajstić information content (AvgIpc) is 2.42. The molecule has 1 aromatic carbocycles. The molecular formula is C13H17NO4S. The Balaban J connectivity index is 2.09. The van der Waals surface area contributed by atoms with Gasteiger partial charge in [-0.2, -0.15) is 11.8 Å². The zero-order chi connectivity index (χ0) is 14.1. The van der Waals surface area contributed by atoms with Crippen LogP contribution >= 0.6 is 11.8 Å². The third-order valence-electron chi connectivity index (χ3n) is 2.39. The molecule has 0 unspecified atom stereocenters. The minimum atomic E-state index is -1.54. The van der Waals surface area contributed by atoms with Crippen LogP contribution in [0.1, 0.15) is 5.56 Å². The molecule has 6 heteroatoms. The molecule has 0 bridgehead atoms. The van der Waals surface area contributed by atoms with Gasteiger partial charge in [-0.1, -0.05) is 30.3 Å². The lowest BCUT2D eigenvalue weighted by Crippen LogP contribution is -2.37. The van der Waals surface area contributed by atoms with Crippen LogP contribution in [-0.2, 0) is 16.0 Å². The number of aryl methyl sites for hydroxylation is 1. The summed E-state index contributed by atoms with van der Waals surface area (Å²) >= 11 is 1.48. The maximum atomic E-state index is 11.3. The van der Waals surface area contributed by atoms with Crippen molar-refractivity contribution in [2.75, 3.05) is 18.1 Å². The molecule has 0 saturated heterocycles. The monoisotopic (exact) mass is 283 g/mol. The van der Waals surface area contributed by atoms with E-state index in [0.717, 1.165) is 12.2 Å². The summed E-state index contributed by atoms with van der Waals surface area (Å²) in [7, 11) is 0. The van der Waals surface area contributed by atoms with Crippen LogP contribution in [0.25, 0.3) is 0 Å². The molecule has 5 nitrogen and oxygen atoms in total. The predicted octanol–water partition coefficient (Wildman–Crippen LogP) is 0.524. The number of amides is 1. The first-order valence-electron chi connectivity index (χ1n) is 5.89. The van der Waals surface area contributed by atoms with Crippen molar-refractivity contribution in [2.45, 2.75) is 12.5 Å². The van der Waals surface area contributed by atoms with Gasteiger partial charge in [0.2, 0.25) is 5.91 Å². The van der Waals surface area contributed by atoms with Crippen molar-refractivity contribution in [3.8, 4) is 0 Å². The third kappa shape index (κ3) is 6.83. The van der Waals surface area contributed by atoms with E-state index in [9.17, 15) is 9.59 Å². The molecule has 0 aliphatic carbocycles. The number of nitrogens with one attached hydrogen (secondary N) is 1. The van der Waals surface area contributed by atoms with Gasteiger partial charge in [-0.15, -0.1) is 0 Å². The Morgan fingerprint density at radius 2 is 1.95 bits per heavy atom. The van der Waals surface area contributed by atoms with Crippen molar-refractivity contribution in [1.82, 2.24) is 5.32 Å². The summed E-state index contributed by atoms with van der Waals surface area (Å²) in [5, 5.41) is 19.8. The summed E-state index contributed by atoms with van der Waals surface area (Å²) in [6.45, 7) is -0.257. The van der Waals surface area contributed by atoms with Gasteiger partial charge in [-0.3, -0.25) is 4.79 Å². The third-order valence-corrected chi connectivity index (χ3v) is 3.35. The first-order valence-corrected chi connectivity index (χ1v) is 7.04. The Morgan fingerprint density at radius 1 is 1.26 bits per heavy atom. The van der Waals surface area contributed by atoms with E-state index in [1.165, 1.54) is 17.3 Å². The second-order valence-corrected chi connectivity index (χ2v) is 5.05. The first-order chi connectivity index (χ1) is 9.09. The summed E-state index contributed by atoms with van der Waals surface area (Å²) in [6, 6.07) is 9.96. The highest BCUT2D eigenvalue weighted by Crippen LogP contribution is 2.06. The molecule has 0 aromatic heterocycles. The second-order valence-electron chi connectivity index (χ2n) is 3.95. The lowest BCUT2D eigenvalue weighted by Gasteiger charge is -2.07. The number of rotatable bonds is 8. The van der Waals surface area contributed by atoms with E-state index >= 15 is 0 Å². The molecule has 3 N–H and O–H groups in total. The van der Waals surface area contributed by atoms with Crippen LogP contribution in [0.4, 0.5) is 0 Å². The lowest BCUT2D eigenvalue weighted by molar-refractivity contribution is -0.146. The molecular weight excluding hydrogens is 266 g/mol. The van der Waals surface area contributed by atoms with Crippen LogP contribution in [0.15, 0.2) is 30.3 Å². The van der Waals surface area contributed by atoms with E-state index in [0.29, 0.717) is 0 Å². The van der Waals surface area contributed by atoms with E-state index < -0.39 is 12.1 Å². The van der Waals surface area contributed by atoms with Gasteiger partial charge in [-0.05, 0) is 17.7 Å².